The lowest BCUT2D eigenvalue weighted by molar-refractivity contribution is -0.120. The van der Waals surface area contributed by atoms with Gasteiger partial charge in [-0.15, -0.1) is 0 Å². The van der Waals surface area contributed by atoms with Gasteiger partial charge in [-0.25, -0.2) is 0 Å². The van der Waals surface area contributed by atoms with E-state index in [9.17, 15) is 4.79 Å². The number of nitrogen functional groups attached to an aromatic ring is 1. The molecule has 0 radical (unpaired) electrons. The van der Waals surface area contributed by atoms with E-state index in [0.29, 0.717) is 0 Å². The maximum atomic E-state index is 12.8. The molecule has 102 valence electrons. The Morgan fingerprint density at radius 1 is 1.26 bits per heavy atom. The van der Waals surface area contributed by atoms with E-state index >= 15 is 0 Å². The zero-order chi connectivity index (χ0) is 14.0. The van der Waals surface area contributed by atoms with Crippen LogP contribution in [-0.2, 0) is 11.2 Å². The molecule has 0 spiro atoms. The molecule has 0 saturated heterocycles. The van der Waals surface area contributed by atoms with E-state index in [1.165, 1.54) is 5.56 Å². The van der Waals surface area contributed by atoms with Crippen molar-refractivity contribution in [3.05, 3.63) is 23.8 Å². The monoisotopic (exact) mass is 258 g/mol. The number of hydrogen-bond acceptors (Lipinski definition) is 2. The van der Waals surface area contributed by atoms with Crippen molar-refractivity contribution in [3.8, 4) is 0 Å². The lowest BCUT2D eigenvalue weighted by Gasteiger charge is -2.20. The fourth-order valence-corrected chi connectivity index (χ4v) is 3.68. The molecule has 3 rings (SSSR count). The summed E-state index contributed by atoms with van der Waals surface area (Å²) in [4.78, 5) is 14.7. The van der Waals surface area contributed by atoms with Crippen LogP contribution in [0.25, 0.3) is 0 Å². The molecule has 1 aliphatic heterocycles. The largest absolute Gasteiger partial charge is 0.397 e. The number of hydrogen-bond donors (Lipinski definition) is 1. The number of carbonyl (C=O) groups excluding carboxylic acids is 1. The number of carbonyl (C=O) groups is 1. The van der Waals surface area contributed by atoms with Gasteiger partial charge in [0.2, 0.25) is 5.91 Å². The van der Waals surface area contributed by atoms with Crippen molar-refractivity contribution in [3.63, 3.8) is 0 Å². The number of nitrogens with two attached hydrogens (primary N) is 1. The third-order valence-corrected chi connectivity index (χ3v) is 5.56. The third kappa shape index (κ3) is 1.47. The average Bonchev–Trinajstić information content (AvgIpc) is 2.66. The number of amides is 1. The Balaban J connectivity index is 1.94. The van der Waals surface area contributed by atoms with E-state index in [2.05, 4.69) is 33.8 Å². The van der Waals surface area contributed by atoms with Crippen molar-refractivity contribution in [2.45, 2.75) is 34.1 Å². The third-order valence-electron chi connectivity index (χ3n) is 5.56. The highest BCUT2D eigenvalue weighted by Gasteiger charge is 2.69. The highest BCUT2D eigenvalue weighted by molar-refractivity contribution is 6.02. The zero-order valence-corrected chi connectivity index (χ0v) is 12.2. The van der Waals surface area contributed by atoms with Crippen molar-refractivity contribution in [2.24, 2.45) is 16.7 Å². The van der Waals surface area contributed by atoms with Crippen LogP contribution in [0.4, 0.5) is 11.4 Å². The van der Waals surface area contributed by atoms with Crippen LogP contribution in [0.2, 0.25) is 0 Å². The maximum Gasteiger partial charge on any atom is 0.231 e. The van der Waals surface area contributed by atoms with Gasteiger partial charge in [0.25, 0.3) is 0 Å². The lowest BCUT2D eigenvalue weighted by atomic mass is 10.0. The topological polar surface area (TPSA) is 46.3 Å². The smallest absolute Gasteiger partial charge is 0.231 e. The Morgan fingerprint density at radius 3 is 2.47 bits per heavy atom. The Labute approximate surface area is 114 Å². The van der Waals surface area contributed by atoms with E-state index in [4.69, 9.17) is 5.73 Å². The minimum absolute atomic E-state index is 0.0797. The van der Waals surface area contributed by atoms with Crippen LogP contribution in [0.15, 0.2) is 18.2 Å². The molecule has 1 aromatic carbocycles. The molecule has 1 saturated carbocycles. The fraction of sp³-hybridized carbons (Fsp3) is 0.562. The van der Waals surface area contributed by atoms with Crippen molar-refractivity contribution in [2.75, 3.05) is 17.2 Å². The van der Waals surface area contributed by atoms with E-state index in [1.807, 2.05) is 17.0 Å². The first-order valence-corrected chi connectivity index (χ1v) is 6.97. The van der Waals surface area contributed by atoms with Gasteiger partial charge < -0.3 is 10.6 Å². The van der Waals surface area contributed by atoms with Crippen molar-refractivity contribution >= 4 is 17.3 Å². The second kappa shape index (κ2) is 3.53. The second-order valence-corrected chi connectivity index (χ2v) is 6.97. The fourth-order valence-electron chi connectivity index (χ4n) is 3.68. The SMILES string of the molecule is CC1(C)C(C(=O)N2CCc3cccc(N)c32)C1(C)C. The first-order valence-electron chi connectivity index (χ1n) is 6.97. The van der Waals surface area contributed by atoms with Gasteiger partial charge in [0.05, 0.1) is 11.4 Å². The number of rotatable bonds is 1. The molecule has 3 heteroatoms. The summed E-state index contributed by atoms with van der Waals surface area (Å²) in [7, 11) is 0. The Morgan fingerprint density at radius 2 is 1.89 bits per heavy atom. The Kier molecular flexibility index (Phi) is 2.32. The molecular weight excluding hydrogens is 236 g/mol. The quantitative estimate of drug-likeness (QED) is 0.787. The lowest BCUT2D eigenvalue weighted by Crippen LogP contribution is -2.32. The van der Waals surface area contributed by atoms with Gasteiger partial charge in [0.1, 0.15) is 0 Å². The summed E-state index contributed by atoms with van der Waals surface area (Å²) >= 11 is 0. The average molecular weight is 258 g/mol. The predicted molar refractivity (Wildman–Crippen MR) is 78.0 cm³/mol. The summed E-state index contributed by atoms with van der Waals surface area (Å²) in [6, 6.07) is 5.92. The minimum Gasteiger partial charge on any atom is -0.397 e. The van der Waals surface area contributed by atoms with Crippen LogP contribution in [0.1, 0.15) is 33.3 Å². The number of benzene rings is 1. The van der Waals surface area contributed by atoms with Crippen LogP contribution in [0.5, 0.6) is 0 Å². The molecule has 1 aromatic rings. The Hall–Kier alpha value is -1.51. The van der Waals surface area contributed by atoms with Crippen molar-refractivity contribution in [1.29, 1.82) is 0 Å². The first-order chi connectivity index (χ1) is 8.78. The van der Waals surface area contributed by atoms with Crippen molar-refractivity contribution < 1.29 is 4.79 Å². The molecule has 2 N–H and O–H groups in total. The van der Waals surface area contributed by atoms with E-state index in [-0.39, 0.29) is 22.7 Å². The van der Waals surface area contributed by atoms with Gasteiger partial charge in [0, 0.05) is 12.5 Å². The summed E-state index contributed by atoms with van der Waals surface area (Å²) in [5, 5.41) is 0. The summed E-state index contributed by atoms with van der Waals surface area (Å²) in [5.74, 6) is 0.345. The van der Waals surface area contributed by atoms with Crippen LogP contribution in [0.3, 0.4) is 0 Å². The van der Waals surface area contributed by atoms with Crippen molar-refractivity contribution in [1.82, 2.24) is 0 Å². The Bertz CT molecular complexity index is 546. The van der Waals surface area contributed by atoms with Crippen LogP contribution >= 0.6 is 0 Å². The summed E-state index contributed by atoms with van der Waals surface area (Å²) in [6.45, 7) is 9.49. The standard InChI is InChI=1S/C16H22N2O/c1-15(2)13(16(15,3)4)14(19)18-9-8-10-6-5-7-11(17)12(10)18/h5-7,13H,8-9,17H2,1-4H3. The molecule has 0 unspecified atom stereocenters. The first kappa shape index (κ1) is 12.5. The molecule has 1 fully saturated rings. The molecule has 19 heavy (non-hydrogen) atoms. The van der Waals surface area contributed by atoms with E-state index in [1.54, 1.807) is 0 Å². The molecule has 1 aliphatic carbocycles. The van der Waals surface area contributed by atoms with Gasteiger partial charge >= 0.3 is 0 Å². The number of fused-ring (bicyclic) bond motifs is 1. The summed E-state index contributed by atoms with van der Waals surface area (Å²) in [5.41, 5.74) is 9.09. The van der Waals surface area contributed by atoms with Crippen LogP contribution < -0.4 is 10.6 Å². The number of para-hydroxylation sites is 1. The van der Waals surface area contributed by atoms with Gasteiger partial charge in [-0.1, -0.05) is 39.8 Å². The molecular formula is C16H22N2O. The summed E-state index contributed by atoms with van der Waals surface area (Å²) < 4.78 is 0. The predicted octanol–water partition coefficient (Wildman–Crippen LogP) is 2.84. The normalized spacial score (nSPS) is 23.3. The zero-order valence-electron chi connectivity index (χ0n) is 12.2. The molecule has 0 atom stereocenters. The summed E-state index contributed by atoms with van der Waals surface area (Å²) in [6.07, 6.45) is 0.916. The molecule has 2 aliphatic rings. The highest BCUT2D eigenvalue weighted by Crippen LogP contribution is 2.69. The van der Waals surface area contributed by atoms with Gasteiger partial charge in [-0.05, 0) is 28.9 Å². The number of nitrogens with zero attached hydrogens (tertiary/aromatic N) is 1. The van der Waals surface area contributed by atoms with E-state index in [0.717, 1.165) is 24.3 Å². The van der Waals surface area contributed by atoms with Gasteiger partial charge in [-0.3, -0.25) is 4.79 Å². The molecule has 0 bridgehead atoms. The van der Waals surface area contributed by atoms with Crippen LogP contribution in [-0.4, -0.2) is 12.5 Å². The molecule has 3 nitrogen and oxygen atoms in total. The maximum absolute atomic E-state index is 12.8. The second-order valence-electron chi connectivity index (χ2n) is 6.97. The molecule has 1 heterocycles. The van der Waals surface area contributed by atoms with E-state index < -0.39 is 0 Å². The van der Waals surface area contributed by atoms with Gasteiger partial charge in [-0.2, -0.15) is 0 Å². The van der Waals surface area contributed by atoms with Crippen LogP contribution in [0, 0.1) is 16.7 Å². The number of anilines is 2. The van der Waals surface area contributed by atoms with Gasteiger partial charge in [0.15, 0.2) is 0 Å². The highest BCUT2D eigenvalue weighted by atomic mass is 16.2. The minimum atomic E-state index is 0.0797. The molecule has 1 amide bonds. The molecule has 0 aromatic heterocycles.